The van der Waals surface area contributed by atoms with E-state index in [2.05, 4.69) is 25.1 Å². The first-order valence-electron chi connectivity index (χ1n) is 12.1. The van der Waals surface area contributed by atoms with E-state index in [0.717, 1.165) is 42.8 Å². The van der Waals surface area contributed by atoms with Crippen LogP contribution in [0.4, 0.5) is 5.95 Å². The number of aromatic nitrogens is 4. The minimum absolute atomic E-state index is 0.0168. The summed E-state index contributed by atoms with van der Waals surface area (Å²) < 4.78 is 57.5. The van der Waals surface area contributed by atoms with Crippen molar-refractivity contribution in [1.29, 1.82) is 0 Å². The van der Waals surface area contributed by atoms with Crippen LogP contribution in [0.2, 0.25) is 0 Å². The molecule has 2 N–H and O–H groups in total. The second kappa shape index (κ2) is 11.3. The van der Waals surface area contributed by atoms with Crippen molar-refractivity contribution in [2.45, 2.75) is 44.2 Å². The van der Waals surface area contributed by atoms with Crippen molar-refractivity contribution >= 4 is 36.9 Å². The van der Waals surface area contributed by atoms with Gasteiger partial charge in [0.2, 0.25) is 26.0 Å². The molecule has 3 aromatic rings. The fraction of sp³-hybridized carbons (Fsp3) is 0.522. The van der Waals surface area contributed by atoms with Crippen molar-refractivity contribution in [1.82, 2.24) is 28.8 Å². The van der Waals surface area contributed by atoms with Crippen LogP contribution in [-0.4, -0.2) is 85.7 Å². The van der Waals surface area contributed by atoms with Gasteiger partial charge in [-0.15, -0.1) is 0 Å². The fourth-order valence-corrected chi connectivity index (χ4v) is 5.69. The van der Waals surface area contributed by atoms with Crippen molar-refractivity contribution in [3.63, 3.8) is 0 Å². The third-order valence-corrected chi connectivity index (χ3v) is 8.51. The molecule has 1 saturated carbocycles. The van der Waals surface area contributed by atoms with Gasteiger partial charge in [-0.3, -0.25) is 0 Å². The van der Waals surface area contributed by atoms with Crippen molar-refractivity contribution in [3.05, 3.63) is 36.7 Å². The van der Waals surface area contributed by atoms with Gasteiger partial charge in [0.15, 0.2) is 5.82 Å². The lowest BCUT2D eigenvalue weighted by molar-refractivity contribution is 0.276. The van der Waals surface area contributed by atoms with Gasteiger partial charge in [0, 0.05) is 37.9 Å². The van der Waals surface area contributed by atoms with E-state index in [0.29, 0.717) is 37.1 Å². The Kier molecular flexibility index (Phi) is 8.31. The molecule has 4 rings (SSSR count). The molecule has 0 bridgehead atoms. The predicted octanol–water partition coefficient (Wildman–Crippen LogP) is 1.75. The molecular formula is C23H33N7O5S2. The number of anilines is 1. The summed E-state index contributed by atoms with van der Waals surface area (Å²) in [6.45, 7) is 0.664. The van der Waals surface area contributed by atoms with Gasteiger partial charge < -0.3 is 10.1 Å². The van der Waals surface area contributed by atoms with Crippen molar-refractivity contribution in [2.24, 2.45) is 0 Å². The molecular weight excluding hydrogens is 518 g/mol. The number of benzene rings is 1. The second-order valence-corrected chi connectivity index (χ2v) is 13.2. The summed E-state index contributed by atoms with van der Waals surface area (Å²) in [6.07, 6.45) is 9.49. The molecule has 14 heteroatoms. The summed E-state index contributed by atoms with van der Waals surface area (Å²) in [6, 6.07) is 7.60. The predicted molar refractivity (Wildman–Crippen MR) is 142 cm³/mol. The van der Waals surface area contributed by atoms with E-state index in [1.54, 1.807) is 30.2 Å². The average Bonchev–Trinajstić information content (AvgIpc) is 3.28. The molecule has 0 unspecified atom stereocenters. The van der Waals surface area contributed by atoms with E-state index < -0.39 is 20.0 Å². The Bertz CT molecular complexity index is 1430. The number of hydrogen-bond acceptors (Lipinski definition) is 9. The lowest BCUT2D eigenvalue weighted by Crippen LogP contribution is -2.41. The van der Waals surface area contributed by atoms with Crippen LogP contribution in [0.1, 0.15) is 32.1 Å². The Morgan fingerprint density at radius 1 is 1.11 bits per heavy atom. The number of hydrogen-bond donors (Lipinski definition) is 2. The van der Waals surface area contributed by atoms with Crippen molar-refractivity contribution < 1.29 is 21.6 Å². The second-order valence-electron chi connectivity index (χ2n) is 9.28. The number of rotatable bonds is 11. The quantitative estimate of drug-likeness (QED) is 0.340. The largest absolute Gasteiger partial charge is 0.493 e. The van der Waals surface area contributed by atoms with Crippen LogP contribution in [-0.2, 0) is 20.0 Å². The Morgan fingerprint density at radius 2 is 1.86 bits per heavy atom. The summed E-state index contributed by atoms with van der Waals surface area (Å²) in [7, 11) is -4.77. The van der Waals surface area contributed by atoms with Crippen LogP contribution >= 0.6 is 0 Å². The molecule has 0 aliphatic heterocycles. The van der Waals surface area contributed by atoms with Crippen LogP contribution in [0.3, 0.4) is 0 Å². The van der Waals surface area contributed by atoms with Crippen LogP contribution in [0.5, 0.6) is 5.75 Å². The molecule has 2 aromatic heterocycles. The minimum Gasteiger partial charge on any atom is -0.493 e. The number of ether oxygens (including phenoxy) is 1. The molecule has 0 radical (unpaired) electrons. The van der Waals surface area contributed by atoms with Gasteiger partial charge in [-0.2, -0.15) is 10.1 Å². The van der Waals surface area contributed by atoms with Crippen molar-refractivity contribution in [3.8, 4) is 11.6 Å². The van der Waals surface area contributed by atoms with E-state index in [1.807, 2.05) is 18.2 Å². The smallest absolute Gasteiger partial charge is 0.224 e. The fourth-order valence-electron chi connectivity index (χ4n) is 4.42. The molecule has 1 fully saturated rings. The van der Waals surface area contributed by atoms with E-state index in [9.17, 15) is 16.8 Å². The standard InChI is InChI=1S/C23H33N7O5S2/c1-29(37(3,33)34)18-10-8-17(9-11-18)27-23-24-14-12-22(28-23)30-20-6-4-7-21(19(20)16-25-30)35-15-5-13-26-36(2,31)32/h4,6-7,12,14,16-18,26H,5,8-11,13,15H2,1-3H3,(H,24,27,28)/t17-,18-. The lowest BCUT2D eigenvalue weighted by atomic mass is 9.91. The maximum Gasteiger partial charge on any atom is 0.224 e. The van der Waals surface area contributed by atoms with E-state index in [-0.39, 0.29) is 12.1 Å². The Labute approximate surface area is 217 Å². The van der Waals surface area contributed by atoms with Crippen LogP contribution in [0, 0.1) is 0 Å². The maximum atomic E-state index is 11.8. The van der Waals surface area contributed by atoms with Gasteiger partial charge in [-0.25, -0.2) is 35.5 Å². The highest BCUT2D eigenvalue weighted by molar-refractivity contribution is 7.88. The Hall–Kier alpha value is -2.81. The van der Waals surface area contributed by atoms with Crippen LogP contribution in [0.15, 0.2) is 36.7 Å². The molecule has 1 aliphatic rings. The van der Waals surface area contributed by atoms with Crippen LogP contribution < -0.4 is 14.8 Å². The highest BCUT2D eigenvalue weighted by Gasteiger charge is 2.28. The zero-order chi connectivity index (χ0) is 26.6. The normalized spacial score (nSPS) is 18.8. The SMILES string of the molecule is CN([C@H]1CC[C@H](Nc2nccc(-n3ncc4c(OCCCNS(C)(=O)=O)cccc43)n2)CC1)S(C)(=O)=O. The summed E-state index contributed by atoms with van der Waals surface area (Å²) in [5.41, 5.74) is 0.820. The summed E-state index contributed by atoms with van der Waals surface area (Å²) in [5, 5.41) is 8.71. The number of nitrogens with one attached hydrogen (secondary N) is 2. The summed E-state index contributed by atoms with van der Waals surface area (Å²) in [4.78, 5) is 9.02. The van der Waals surface area contributed by atoms with E-state index in [1.165, 1.54) is 10.6 Å². The van der Waals surface area contributed by atoms with Crippen molar-refractivity contribution in [2.75, 3.05) is 38.0 Å². The van der Waals surface area contributed by atoms with Gasteiger partial charge >= 0.3 is 0 Å². The summed E-state index contributed by atoms with van der Waals surface area (Å²) in [5.74, 6) is 1.76. The number of nitrogens with zero attached hydrogens (tertiary/aromatic N) is 5. The third kappa shape index (κ3) is 7.15. The number of fused-ring (bicyclic) bond motifs is 1. The van der Waals surface area contributed by atoms with E-state index in [4.69, 9.17) is 4.74 Å². The highest BCUT2D eigenvalue weighted by Crippen LogP contribution is 2.28. The van der Waals surface area contributed by atoms with Gasteiger partial charge in [0.1, 0.15) is 5.75 Å². The molecule has 1 aliphatic carbocycles. The lowest BCUT2D eigenvalue weighted by Gasteiger charge is -2.33. The van der Waals surface area contributed by atoms with Gasteiger partial charge in [0.05, 0.1) is 36.2 Å². The summed E-state index contributed by atoms with van der Waals surface area (Å²) >= 11 is 0. The molecule has 2 heterocycles. The zero-order valence-electron chi connectivity index (χ0n) is 21.2. The molecule has 0 saturated heterocycles. The van der Waals surface area contributed by atoms with Gasteiger partial charge in [-0.1, -0.05) is 6.07 Å². The molecule has 1 aromatic carbocycles. The zero-order valence-corrected chi connectivity index (χ0v) is 22.8. The van der Waals surface area contributed by atoms with Crippen LogP contribution in [0.25, 0.3) is 16.7 Å². The molecule has 0 atom stereocenters. The minimum atomic E-state index is -3.22. The monoisotopic (exact) mass is 551 g/mol. The van der Waals surface area contributed by atoms with Gasteiger partial charge in [-0.05, 0) is 44.2 Å². The third-order valence-electron chi connectivity index (χ3n) is 6.44. The average molecular weight is 552 g/mol. The first-order chi connectivity index (χ1) is 17.5. The Morgan fingerprint density at radius 3 is 2.57 bits per heavy atom. The topological polar surface area (TPSA) is 148 Å². The molecule has 202 valence electrons. The Balaban J connectivity index is 1.40. The highest BCUT2D eigenvalue weighted by atomic mass is 32.2. The number of sulfonamides is 2. The first kappa shape index (κ1) is 27.2. The molecule has 12 nitrogen and oxygen atoms in total. The molecule has 0 amide bonds. The molecule has 0 spiro atoms. The first-order valence-corrected chi connectivity index (χ1v) is 15.8. The van der Waals surface area contributed by atoms with Gasteiger partial charge in [0.25, 0.3) is 0 Å². The molecule has 37 heavy (non-hydrogen) atoms. The van der Waals surface area contributed by atoms with E-state index >= 15 is 0 Å². The maximum absolute atomic E-state index is 11.8.